The molecule has 1 aliphatic rings. The van der Waals surface area contributed by atoms with Crippen molar-refractivity contribution in [2.45, 2.75) is 19.8 Å². The van der Waals surface area contributed by atoms with E-state index in [1.807, 2.05) is 0 Å². The standard InChI is InChI=1S/C15H17FO2/c1-11-4-2-3-5-13(11)10-18-15-7-12(9-17)6-14(16)8-15/h2-3,6-9,11,13H,4-5,10H2,1H3. The Balaban J connectivity index is 1.99. The molecule has 0 fully saturated rings. The number of ether oxygens (including phenoxy) is 1. The fourth-order valence-corrected chi connectivity index (χ4v) is 2.18. The van der Waals surface area contributed by atoms with Crippen LogP contribution in [-0.2, 0) is 0 Å². The van der Waals surface area contributed by atoms with Gasteiger partial charge in [0, 0.05) is 11.6 Å². The summed E-state index contributed by atoms with van der Waals surface area (Å²) in [6.07, 6.45) is 7.04. The molecule has 3 heteroatoms. The van der Waals surface area contributed by atoms with Gasteiger partial charge >= 0.3 is 0 Å². The molecule has 0 spiro atoms. The first-order valence-electron chi connectivity index (χ1n) is 6.22. The number of hydrogen-bond acceptors (Lipinski definition) is 2. The SMILES string of the molecule is CC1CC=CCC1COc1cc(F)cc(C=O)c1. The molecule has 0 aromatic heterocycles. The van der Waals surface area contributed by atoms with E-state index in [4.69, 9.17) is 4.74 Å². The highest BCUT2D eigenvalue weighted by Gasteiger charge is 2.19. The van der Waals surface area contributed by atoms with E-state index >= 15 is 0 Å². The van der Waals surface area contributed by atoms with Crippen LogP contribution in [-0.4, -0.2) is 12.9 Å². The van der Waals surface area contributed by atoms with Crippen LogP contribution in [0.5, 0.6) is 5.75 Å². The van der Waals surface area contributed by atoms with Gasteiger partial charge in [-0.3, -0.25) is 4.79 Å². The Morgan fingerprint density at radius 3 is 2.83 bits per heavy atom. The monoisotopic (exact) mass is 248 g/mol. The summed E-state index contributed by atoms with van der Waals surface area (Å²) in [5, 5.41) is 0. The van der Waals surface area contributed by atoms with Crippen molar-refractivity contribution < 1.29 is 13.9 Å². The highest BCUT2D eigenvalue weighted by molar-refractivity contribution is 5.75. The van der Waals surface area contributed by atoms with Crippen LogP contribution in [0.3, 0.4) is 0 Å². The van der Waals surface area contributed by atoms with Gasteiger partial charge < -0.3 is 4.74 Å². The summed E-state index contributed by atoms with van der Waals surface area (Å²) < 4.78 is 18.8. The normalized spacial score (nSPS) is 22.8. The lowest BCUT2D eigenvalue weighted by Crippen LogP contribution is -2.21. The van der Waals surface area contributed by atoms with Gasteiger partial charge in [0.05, 0.1) is 6.61 Å². The number of carbonyl (C=O) groups excluding carboxylic acids is 1. The van der Waals surface area contributed by atoms with E-state index in [0.717, 1.165) is 12.8 Å². The molecule has 2 atom stereocenters. The molecule has 2 rings (SSSR count). The quantitative estimate of drug-likeness (QED) is 0.601. The molecule has 0 saturated carbocycles. The molecule has 2 nitrogen and oxygen atoms in total. The Hall–Kier alpha value is -1.64. The number of rotatable bonds is 4. The van der Waals surface area contributed by atoms with E-state index in [1.165, 1.54) is 12.1 Å². The minimum Gasteiger partial charge on any atom is -0.493 e. The Labute approximate surface area is 106 Å². The second-order valence-corrected chi connectivity index (χ2v) is 4.83. The topological polar surface area (TPSA) is 26.3 Å². The maximum atomic E-state index is 13.2. The van der Waals surface area contributed by atoms with Gasteiger partial charge in [-0.15, -0.1) is 0 Å². The van der Waals surface area contributed by atoms with Crippen molar-refractivity contribution in [1.29, 1.82) is 0 Å². The van der Waals surface area contributed by atoms with Crippen molar-refractivity contribution in [2.75, 3.05) is 6.61 Å². The van der Waals surface area contributed by atoms with Gasteiger partial charge in [0.2, 0.25) is 0 Å². The fourth-order valence-electron chi connectivity index (χ4n) is 2.18. The third-order valence-corrected chi connectivity index (χ3v) is 3.41. The number of aldehydes is 1. The number of allylic oxidation sites excluding steroid dienone is 2. The molecule has 0 bridgehead atoms. The smallest absolute Gasteiger partial charge is 0.150 e. The average molecular weight is 248 g/mol. The van der Waals surface area contributed by atoms with Crippen LogP contribution in [0.4, 0.5) is 4.39 Å². The summed E-state index contributed by atoms with van der Waals surface area (Å²) in [7, 11) is 0. The minimum absolute atomic E-state index is 0.307. The van der Waals surface area contributed by atoms with E-state index in [2.05, 4.69) is 19.1 Å². The Morgan fingerprint density at radius 2 is 2.11 bits per heavy atom. The molecule has 0 saturated heterocycles. The molecule has 0 radical (unpaired) electrons. The summed E-state index contributed by atoms with van der Waals surface area (Å²) in [5.74, 6) is 1.03. The van der Waals surface area contributed by atoms with Crippen molar-refractivity contribution >= 4 is 6.29 Å². The minimum atomic E-state index is -0.439. The van der Waals surface area contributed by atoms with Crippen LogP contribution in [0.25, 0.3) is 0 Å². The van der Waals surface area contributed by atoms with Crippen LogP contribution >= 0.6 is 0 Å². The van der Waals surface area contributed by atoms with Crippen LogP contribution in [0.15, 0.2) is 30.4 Å². The molecule has 1 aromatic rings. The van der Waals surface area contributed by atoms with Crippen LogP contribution in [0.1, 0.15) is 30.1 Å². The third kappa shape index (κ3) is 3.19. The molecule has 1 aromatic carbocycles. The summed E-state index contributed by atoms with van der Waals surface area (Å²) >= 11 is 0. The summed E-state index contributed by atoms with van der Waals surface area (Å²) in [6, 6.07) is 4.08. The first-order valence-corrected chi connectivity index (χ1v) is 6.22. The van der Waals surface area contributed by atoms with Gasteiger partial charge in [-0.2, -0.15) is 0 Å². The van der Waals surface area contributed by atoms with E-state index in [1.54, 1.807) is 6.07 Å². The molecular weight excluding hydrogens is 231 g/mol. The largest absolute Gasteiger partial charge is 0.493 e. The molecule has 2 unspecified atom stereocenters. The highest BCUT2D eigenvalue weighted by atomic mass is 19.1. The zero-order chi connectivity index (χ0) is 13.0. The molecular formula is C15H17FO2. The second-order valence-electron chi connectivity index (χ2n) is 4.83. The van der Waals surface area contributed by atoms with Crippen LogP contribution in [0.2, 0.25) is 0 Å². The van der Waals surface area contributed by atoms with Gasteiger partial charge in [0.1, 0.15) is 17.9 Å². The van der Waals surface area contributed by atoms with E-state index in [-0.39, 0.29) is 0 Å². The van der Waals surface area contributed by atoms with E-state index < -0.39 is 5.82 Å². The Bertz CT molecular complexity index is 454. The van der Waals surface area contributed by atoms with E-state index in [9.17, 15) is 9.18 Å². The summed E-state index contributed by atoms with van der Waals surface area (Å²) in [5.41, 5.74) is 0.307. The Kier molecular flexibility index (Phi) is 4.13. The maximum Gasteiger partial charge on any atom is 0.150 e. The highest BCUT2D eigenvalue weighted by Crippen LogP contribution is 2.26. The zero-order valence-corrected chi connectivity index (χ0v) is 10.4. The average Bonchev–Trinajstić information content (AvgIpc) is 2.37. The molecule has 0 aliphatic heterocycles. The van der Waals surface area contributed by atoms with Gasteiger partial charge in [0.15, 0.2) is 0 Å². The molecule has 1 aliphatic carbocycles. The number of carbonyl (C=O) groups is 1. The summed E-state index contributed by atoms with van der Waals surface area (Å²) in [4.78, 5) is 10.6. The van der Waals surface area contributed by atoms with Crippen LogP contribution in [0, 0.1) is 17.7 Å². The van der Waals surface area contributed by atoms with E-state index in [0.29, 0.717) is 36.0 Å². The zero-order valence-electron chi connectivity index (χ0n) is 10.4. The number of hydrogen-bond donors (Lipinski definition) is 0. The molecule has 96 valence electrons. The van der Waals surface area contributed by atoms with Gasteiger partial charge in [0.25, 0.3) is 0 Å². The lowest BCUT2D eigenvalue weighted by molar-refractivity contribution is 0.112. The lowest BCUT2D eigenvalue weighted by atomic mass is 9.85. The molecule has 0 N–H and O–H groups in total. The predicted octanol–water partition coefficient (Wildman–Crippen LogP) is 3.62. The maximum absolute atomic E-state index is 13.2. The fraction of sp³-hybridized carbons (Fsp3) is 0.400. The third-order valence-electron chi connectivity index (χ3n) is 3.41. The van der Waals surface area contributed by atoms with Gasteiger partial charge in [-0.25, -0.2) is 4.39 Å². The molecule has 0 heterocycles. The first kappa shape index (κ1) is 12.8. The first-order chi connectivity index (χ1) is 8.69. The van der Waals surface area contributed by atoms with Crippen molar-refractivity contribution in [3.8, 4) is 5.75 Å². The molecule has 18 heavy (non-hydrogen) atoms. The van der Waals surface area contributed by atoms with Crippen molar-refractivity contribution in [3.63, 3.8) is 0 Å². The van der Waals surface area contributed by atoms with Gasteiger partial charge in [-0.1, -0.05) is 19.1 Å². The number of benzene rings is 1. The predicted molar refractivity (Wildman–Crippen MR) is 68.3 cm³/mol. The Morgan fingerprint density at radius 1 is 1.33 bits per heavy atom. The number of halogens is 1. The summed E-state index contributed by atoms with van der Waals surface area (Å²) in [6.45, 7) is 2.76. The lowest BCUT2D eigenvalue weighted by Gasteiger charge is -2.25. The second kappa shape index (κ2) is 5.80. The van der Waals surface area contributed by atoms with Crippen molar-refractivity contribution in [2.24, 2.45) is 11.8 Å². The van der Waals surface area contributed by atoms with Crippen molar-refractivity contribution in [1.82, 2.24) is 0 Å². The molecule has 0 amide bonds. The van der Waals surface area contributed by atoms with Gasteiger partial charge in [-0.05, 0) is 36.8 Å². The van der Waals surface area contributed by atoms with Crippen LogP contribution < -0.4 is 4.74 Å². The van der Waals surface area contributed by atoms with Crippen molar-refractivity contribution in [3.05, 3.63) is 41.7 Å².